The van der Waals surface area contributed by atoms with Crippen LogP contribution in [0, 0.1) is 0 Å². The molecule has 0 spiro atoms. The molecule has 2 N–H and O–H groups in total. The monoisotopic (exact) mass is 494 g/mol. The molecule has 7 heteroatoms. The highest BCUT2D eigenvalue weighted by Crippen LogP contribution is 2.32. The van der Waals surface area contributed by atoms with Gasteiger partial charge in [0.2, 0.25) is 5.91 Å². The molecule has 2 amide bonds. The number of hydrogen-bond acceptors (Lipinski definition) is 4. The van der Waals surface area contributed by atoms with Crippen LogP contribution in [0.3, 0.4) is 0 Å². The lowest BCUT2D eigenvalue weighted by Crippen LogP contribution is -2.46. The van der Waals surface area contributed by atoms with Crippen molar-refractivity contribution in [1.29, 1.82) is 0 Å². The number of aromatic amines is 1. The quantitative estimate of drug-likeness (QED) is 0.337. The zero-order valence-electron chi connectivity index (χ0n) is 20.8. The summed E-state index contributed by atoms with van der Waals surface area (Å²) < 4.78 is 5.33. The molecule has 0 unspecified atom stereocenters. The maximum absolute atomic E-state index is 14.2. The maximum atomic E-state index is 14.2. The zero-order valence-corrected chi connectivity index (χ0v) is 20.8. The van der Waals surface area contributed by atoms with Gasteiger partial charge >= 0.3 is 0 Å². The second-order valence-electron chi connectivity index (χ2n) is 9.20. The van der Waals surface area contributed by atoms with Crippen molar-refractivity contribution in [2.75, 3.05) is 12.0 Å². The van der Waals surface area contributed by atoms with E-state index in [9.17, 15) is 9.59 Å². The first-order chi connectivity index (χ1) is 18.1. The van der Waals surface area contributed by atoms with Gasteiger partial charge in [0.1, 0.15) is 17.5 Å². The fourth-order valence-electron chi connectivity index (χ4n) is 4.88. The van der Waals surface area contributed by atoms with E-state index >= 15 is 0 Å². The molecule has 1 saturated carbocycles. The van der Waals surface area contributed by atoms with Crippen LogP contribution in [0.4, 0.5) is 5.69 Å². The summed E-state index contributed by atoms with van der Waals surface area (Å²) in [6.07, 6.45) is 7.37. The van der Waals surface area contributed by atoms with Crippen LogP contribution >= 0.6 is 0 Å². The highest BCUT2D eigenvalue weighted by Gasteiger charge is 2.35. The molecule has 2 aromatic carbocycles. The van der Waals surface area contributed by atoms with Crippen molar-refractivity contribution in [2.24, 2.45) is 0 Å². The van der Waals surface area contributed by atoms with Crippen molar-refractivity contribution in [3.05, 3.63) is 103 Å². The van der Waals surface area contributed by atoms with Crippen LogP contribution in [-0.4, -0.2) is 34.9 Å². The largest absolute Gasteiger partial charge is 0.497 e. The van der Waals surface area contributed by atoms with Crippen LogP contribution in [0.5, 0.6) is 5.75 Å². The molecule has 2 aromatic heterocycles. The van der Waals surface area contributed by atoms with Crippen molar-refractivity contribution >= 4 is 17.5 Å². The highest BCUT2D eigenvalue weighted by molar-refractivity contribution is 6.09. The van der Waals surface area contributed by atoms with Crippen LogP contribution in [0.1, 0.15) is 47.8 Å². The highest BCUT2D eigenvalue weighted by atomic mass is 16.5. The lowest BCUT2D eigenvalue weighted by molar-refractivity contribution is -0.123. The number of ether oxygens (including phenoxy) is 1. The Morgan fingerprint density at radius 2 is 1.65 bits per heavy atom. The van der Waals surface area contributed by atoms with E-state index < -0.39 is 6.04 Å². The summed E-state index contributed by atoms with van der Waals surface area (Å²) in [6.45, 7) is 0. The molecule has 0 saturated heterocycles. The molecule has 1 aliphatic carbocycles. The van der Waals surface area contributed by atoms with Gasteiger partial charge in [-0.05, 0) is 72.5 Å². The summed E-state index contributed by atoms with van der Waals surface area (Å²) in [5.41, 5.74) is 3.47. The summed E-state index contributed by atoms with van der Waals surface area (Å²) in [5.74, 6) is 0.145. The Morgan fingerprint density at radius 3 is 2.32 bits per heavy atom. The van der Waals surface area contributed by atoms with Gasteiger partial charge in [-0.15, -0.1) is 0 Å². The smallest absolute Gasteiger partial charge is 0.275 e. The van der Waals surface area contributed by atoms with Gasteiger partial charge in [-0.2, -0.15) is 0 Å². The average molecular weight is 495 g/mol. The van der Waals surface area contributed by atoms with E-state index in [1.807, 2.05) is 36.4 Å². The predicted molar refractivity (Wildman–Crippen MR) is 143 cm³/mol. The summed E-state index contributed by atoms with van der Waals surface area (Å²) in [6, 6.07) is 23.4. The van der Waals surface area contributed by atoms with Crippen LogP contribution < -0.4 is 15.0 Å². The summed E-state index contributed by atoms with van der Waals surface area (Å²) in [5, 5.41) is 3.20. The van der Waals surface area contributed by atoms with Crippen molar-refractivity contribution in [2.45, 2.75) is 37.8 Å². The van der Waals surface area contributed by atoms with E-state index in [1.165, 1.54) is 0 Å². The van der Waals surface area contributed by atoms with Gasteiger partial charge in [0.25, 0.3) is 5.91 Å². The van der Waals surface area contributed by atoms with Gasteiger partial charge < -0.3 is 15.0 Å². The first-order valence-corrected chi connectivity index (χ1v) is 12.6. The number of nitrogens with one attached hydrogen (secondary N) is 2. The standard InChI is InChI=1S/C30H30N4O3/c1-37-25-13-11-24(12-14-25)34(30(36)27-16-15-26(33-27)21-7-3-2-4-8-21)28(22-17-19-31-20-18-22)29(35)32-23-9-5-6-10-23/h2-4,7-8,11-20,23,28,33H,5-6,9-10H2,1H3,(H,32,35)/t28-/m1/s1. The number of rotatable bonds is 8. The summed E-state index contributed by atoms with van der Waals surface area (Å²) in [4.78, 5) is 37.0. The van der Waals surface area contributed by atoms with Crippen LogP contribution in [-0.2, 0) is 4.79 Å². The molecule has 0 aliphatic heterocycles. The maximum Gasteiger partial charge on any atom is 0.275 e. The first-order valence-electron chi connectivity index (χ1n) is 12.6. The molecule has 1 fully saturated rings. The molecule has 0 bridgehead atoms. The van der Waals surface area contributed by atoms with Gasteiger partial charge in [-0.3, -0.25) is 19.5 Å². The number of amides is 2. The second-order valence-corrected chi connectivity index (χ2v) is 9.20. The average Bonchev–Trinajstić information content (AvgIpc) is 3.65. The molecule has 188 valence electrons. The van der Waals surface area contributed by atoms with Gasteiger partial charge in [-0.1, -0.05) is 43.2 Å². The fourth-order valence-corrected chi connectivity index (χ4v) is 4.88. The Kier molecular flexibility index (Phi) is 7.31. The normalized spacial score (nSPS) is 14.2. The SMILES string of the molecule is COc1ccc(N(C(=O)c2ccc(-c3ccccc3)[nH]2)[C@@H](C(=O)NC2CCCC2)c2ccncc2)cc1. The second kappa shape index (κ2) is 11.1. The number of carbonyl (C=O) groups is 2. The molecular weight excluding hydrogens is 464 g/mol. The van der Waals surface area contributed by atoms with E-state index in [0.29, 0.717) is 22.7 Å². The molecule has 2 heterocycles. The van der Waals surface area contributed by atoms with Crippen molar-refractivity contribution in [3.8, 4) is 17.0 Å². The molecule has 1 aliphatic rings. The van der Waals surface area contributed by atoms with Gasteiger partial charge in [0.15, 0.2) is 0 Å². The Morgan fingerprint density at radius 1 is 0.946 bits per heavy atom. The minimum absolute atomic E-state index is 0.111. The Bertz CT molecular complexity index is 1330. The number of aromatic nitrogens is 2. The minimum atomic E-state index is -0.882. The third kappa shape index (κ3) is 5.40. The molecule has 0 radical (unpaired) electrons. The van der Waals surface area contributed by atoms with E-state index in [1.54, 1.807) is 66.9 Å². The fraction of sp³-hybridized carbons (Fsp3) is 0.233. The Labute approximate surface area is 216 Å². The first kappa shape index (κ1) is 24.3. The van der Waals surface area contributed by atoms with Crippen molar-refractivity contribution in [3.63, 3.8) is 0 Å². The van der Waals surface area contributed by atoms with Gasteiger partial charge in [0.05, 0.1) is 7.11 Å². The van der Waals surface area contributed by atoms with Gasteiger partial charge in [-0.25, -0.2) is 0 Å². The number of H-pyrrole nitrogens is 1. The van der Waals surface area contributed by atoms with E-state index in [2.05, 4.69) is 15.3 Å². The zero-order chi connectivity index (χ0) is 25.6. The summed E-state index contributed by atoms with van der Waals surface area (Å²) in [7, 11) is 1.59. The lowest BCUT2D eigenvalue weighted by atomic mass is 10.0. The number of pyridine rings is 1. The summed E-state index contributed by atoms with van der Waals surface area (Å²) >= 11 is 0. The van der Waals surface area contributed by atoms with Crippen LogP contribution in [0.2, 0.25) is 0 Å². The molecule has 7 nitrogen and oxygen atoms in total. The van der Waals surface area contributed by atoms with Crippen molar-refractivity contribution < 1.29 is 14.3 Å². The van der Waals surface area contributed by atoms with E-state index in [0.717, 1.165) is 36.9 Å². The number of anilines is 1. The van der Waals surface area contributed by atoms with Crippen molar-refractivity contribution in [1.82, 2.24) is 15.3 Å². The number of methoxy groups -OCH3 is 1. The number of carbonyl (C=O) groups excluding carboxylic acids is 2. The molecule has 1 atom stereocenters. The van der Waals surface area contributed by atoms with Gasteiger partial charge in [0, 0.05) is 29.8 Å². The topological polar surface area (TPSA) is 87.3 Å². The van der Waals surface area contributed by atoms with Crippen LogP contribution in [0.25, 0.3) is 11.3 Å². The minimum Gasteiger partial charge on any atom is -0.497 e. The number of benzene rings is 2. The molecule has 5 rings (SSSR count). The Hall–Kier alpha value is -4.39. The van der Waals surface area contributed by atoms with E-state index in [4.69, 9.17) is 4.74 Å². The van der Waals surface area contributed by atoms with Crippen LogP contribution in [0.15, 0.2) is 91.3 Å². The third-order valence-electron chi connectivity index (χ3n) is 6.80. The number of nitrogens with zero attached hydrogens (tertiary/aromatic N) is 2. The molecule has 4 aromatic rings. The molecule has 37 heavy (non-hydrogen) atoms. The lowest BCUT2D eigenvalue weighted by Gasteiger charge is -2.32. The third-order valence-corrected chi connectivity index (χ3v) is 6.80. The Balaban J connectivity index is 1.57. The predicted octanol–water partition coefficient (Wildman–Crippen LogP) is 5.53. The molecular formula is C30H30N4O3. The number of hydrogen-bond donors (Lipinski definition) is 2. The van der Waals surface area contributed by atoms with E-state index in [-0.39, 0.29) is 17.9 Å².